The highest BCUT2D eigenvalue weighted by molar-refractivity contribution is 8.00. The molecule has 1 aliphatic carbocycles. The van der Waals surface area contributed by atoms with Gasteiger partial charge in [-0.15, -0.1) is 68.4 Å². The zero-order chi connectivity index (χ0) is 85.6. The van der Waals surface area contributed by atoms with E-state index in [0.29, 0.717) is 0 Å². The fraction of sp³-hybridized carbons (Fsp3) is 0.0164. The van der Waals surface area contributed by atoms with Crippen molar-refractivity contribution in [2.24, 2.45) is 0 Å². The van der Waals surface area contributed by atoms with Gasteiger partial charge in [0.25, 0.3) is 0 Å². The van der Waals surface area contributed by atoms with Gasteiger partial charge in [-0.2, -0.15) is 0 Å². The monoisotopic (exact) mass is 1770 g/mol. The molecule has 0 saturated carbocycles. The first kappa shape index (κ1) is 75.2. The van der Waals surface area contributed by atoms with Crippen LogP contribution in [0, 0.1) is 0 Å². The molecule has 0 amide bonds. The first-order chi connectivity index (χ1) is 65.0. The van der Waals surface area contributed by atoms with Gasteiger partial charge in [0.1, 0.15) is 0 Å². The van der Waals surface area contributed by atoms with E-state index in [9.17, 15) is 0 Å². The van der Waals surface area contributed by atoms with E-state index in [1.54, 1.807) is 0 Å². The van der Waals surface area contributed by atoms with Crippen molar-refractivity contribution in [3.8, 4) is 33.4 Å². The molecule has 131 heavy (non-hydrogen) atoms. The highest BCUT2D eigenvalue weighted by Gasteiger charge is 2.41. The van der Waals surface area contributed by atoms with Crippen LogP contribution >= 0.6 is 68.4 Å². The minimum atomic E-state index is 0.0776. The van der Waals surface area contributed by atoms with Gasteiger partial charge >= 0.3 is 0 Å². The Morgan fingerprint density at radius 2 is 0.626 bits per heavy atom. The lowest BCUT2D eigenvalue weighted by atomic mass is 9.77. The summed E-state index contributed by atoms with van der Waals surface area (Å²) in [4.78, 5) is 8.87. The Labute approximate surface area is 779 Å². The van der Waals surface area contributed by atoms with Crippen molar-refractivity contribution in [1.82, 2.24) is 0 Å². The molecule has 2 unspecified atom stereocenters. The molecule has 0 radical (unpaired) electrons. The van der Waals surface area contributed by atoms with E-state index in [0.717, 1.165) is 45.5 Å². The van der Waals surface area contributed by atoms with Crippen molar-refractivity contribution in [3.05, 3.63) is 453 Å². The predicted octanol–water partition coefficient (Wildman–Crippen LogP) is 37.6. The smallest absolute Gasteiger partial charge is 0.0555 e. The van der Waals surface area contributed by atoms with E-state index in [2.05, 4.69) is 457 Å². The summed E-state index contributed by atoms with van der Waals surface area (Å²) >= 11 is 11.8. The van der Waals surface area contributed by atoms with Crippen LogP contribution in [0.5, 0.6) is 0 Å². The van der Waals surface area contributed by atoms with E-state index < -0.39 is 0 Å². The average molecular weight is 1770 g/mol. The molecular formula is C122H73N3S6. The van der Waals surface area contributed by atoms with Crippen LogP contribution in [0.3, 0.4) is 0 Å². The third-order valence-corrected chi connectivity index (χ3v) is 34.8. The number of hydrogen-bond donors (Lipinski definition) is 0. The molecule has 3 nitrogen and oxygen atoms in total. The number of thioether (sulfide) groups is 1. The summed E-state index contributed by atoms with van der Waals surface area (Å²) in [7, 11) is 0. The van der Waals surface area contributed by atoms with E-state index in [4.69, 9.17) is 0 Å². The Morgan fingerprint density at radius 1 is 0.198 bits per heavy atom. The van der Waals surface area contributed by atoms with Crippen LogP contribution in [0.4, 0.5) is 51.2 Å². The molecule has 0 saturated heterocycles. The third-order valence-electron chi connectivity index (χ3n) is 27.6. The molecular weight excluding hydrogens is 1700 g/mol. The second-order valence-corrected chi connectivity index (χ2v) is 41.1. The number of rotatable bonds is 13. The second-order valence-electron chi connectivity index (χ2n) is 34.6. The van der Waals surface area contributed by atoms with E-state index in [-0.39, 0.29) is 11.2 Å². The summed E-state index contributed by atoms with van der Waals surface area (Å²) in [5.74, 6) is 0.0904. The molecule has 2 atom stereocenters. The van der Waals surface area contributed by atoms with E-state index in [1.807, 2.05) is 56.7 Å². The number of benzene rings is 21. The summed E-state index contributed by atoms with van der Waals surface area (Å²) in [6, 6.07) is 160. The Hall–Kier alpha value is -14.8. The van der Waals surface area contributed by atoms with Crippen LogP contribution in [0.15, 0.2) is 436 Å². The molecule has 26 aromatic rings. The quantitative estimate of drug-likeness (QED) is 0.114. The first-order valence-corrected chi connectivity index (χ1v) is 49.7. The molecule has 1 aliphatic heterocycles. The average Bonchev–Trinajstić information content (AvgIpc) is 1.55. The highest BCUT2D eigenvalue weighted by atomic mass is 32.2. The summed E-state index contributed by atoms with van der Waals surface area (Å²) in [5, 5.41) is 23.1. The molecule has 5 aromatic heterocycles. The summed E-state index contributed by atoms with van der Waals surface area (Å²) in [6.07, 6.45) is 2.69. The van der Waals surface area contributed by atoms with Gasteiger partial charge in [-0.25, -0.2) is 0 Å². The molecule has 6 heterocycles. The molecule has 28 rings (SSSR count). The standard InChI is InChI=1S/C122H73N3S6/c1-5-29-79(30-6-1)123(80-31-7-2-8-32-80)100-64-58-94(119-114(100)116-106(130-119)68-61-95-109-87-38-18-16-26-75(87)52-65-103(109)127-121(95)116)98-71-108-111(91-40-20-19-39-89(91)98)97-62-69-107-117(122(97)131-108)113-101(125(82-35-11-4-12-36-82)84-55-50-76(51-56-84)86-41-21-28-74-25-15-17-37-85(74)86)63-57-93(118(113)129-107)88-42-22-43-92-90(88)59-66-104-110(92)96-60-67-105-115(120(96)128-104)112-99(44-23-45-102(112)126-105)124(81-33-9-3-10-34-81)83-53-48-73(49-54-83)78-47-46-72-24-13-14-27-77(72)70-78/h1-71,108,111H. The summed E-state index contributed by atoms with van der Waals surface area (Å²) < 4.78 is 12.9. The molecule has 0 bridgehead atoms. The normalized spacial score (nSPS) is 13.8. The topological polar surface area (TPSA) is 9.72 Å². The highest BCUT2D eigenvalue weighted by Crippen LogP contribution is 2.63. The lowest BCUT2D eigenvalue weighted by Gasteiger charge is -2.29. The number of thiophene rings is 5. The Morgan fingerprint density at radius 3 is 1.30 bits per heavy atom. The lowest BCUT2D eigenvalue weighted by Crippen LogP contribution is -2.17. The number of hydrogen-bond acceptors (Lipinski definition) is 9. The predicted molar refractivity (Wildman–Crippen MR) is 573 cm³/mol. The number of nitrogens with zero attached hydrogens (tertiary/aromatic N) is 3. The first-order valence-electron chi connectivity index (χ1n) is 44.7. The van der Waals surface area contributed by atoms with Crippen molar-refractivity contribution >= 4 is 269 Å². The molecule has 0 N–H and O–H groups in total. The van der Waals surface area contributed by atoms with Crippen LogP contribution in [-0.2, 0) is 0 Å². The van der Waals surface area contributed by atoms with Crippen LogP contribution in [0.1, 0.15) is 28.2 Å². The summed E-state index contributed by atoms with van der Waals surface area (Å²) in [5.41, 5.74) is 24.0. The van der Waals surface area contributed by atoms with Crippen LogP contribution < -0.4 is 14.7 Å². The zero-order valence-electron chi connectivity index (χ0n) is 70.4. The van der Waals surface area contributed by atoms with Gasteiger partial charge in [-0.05, 0) is 227 Å². The number of para-hydroxylation sites is 4. The Kier molecular flexibility index (Phi) is 17.2. The Balaban J connectivity index is 0.633. The number of fused-ring (bicyclic) bond motifs is 29. The maximum absolute atomic E-state index is 2.69. The second kappa shape index (κ2) is 29.9. The fourth-order valence-corrected chi connectivity index (χ4v) is 29.8. The largest absolute Gasteiger partial charge is 0.310 e. The third kappa shape index (κ3) is 11.7. The lowest BCUT2D eigenvalue weighted by molar-refractivity contribution is 0.842. The van der Waals surface area contributed by atoms with Crippen LogP contribution in [0.25, 0.3) is 183 Å². The van der Waals surface area contributed by atoms with Gasteiger partial charge in [-0.3, -0.25) is 0 Å². The maximum atomic E-state index is 2.69. The Bertz CT molecular complexity index is 9240. The van der Waals surface area contributed by atoms with Crippen LogP contribution in [0.2, 0.25) is 0 Å². The van der Waals surface area contributed by atoms with Crippen molar-refractivity contribution in [2.45, 2.75) is 16.1 Å². The van der Waals surface area contributed by atoms with E-state index >= 15 is 0 Å². The minimum absolute atomic E-state index is 0.0776. The van der Waals surface area contributed by atoms with Crippen molar-refractivity contribution in [2.75, 3.05) is 14.7 Å². The zero-order valence-corrected chi connectivity index (χ0v) is 75.3. The minimum Gasteiger partial charge on any atom is -0.310 e. The molecule has 0 spiro atoms. The SMILES string of the molecule is C1=C(c2ccc(N(c3ccccc3)c3ccccc3)c3c2sc2ccc4c(sc5ccc6ccccc6c54)c23)c2ccccc2C2c3ccc4sc5c(-c6cccc7c6ccc6sc8c(ccc9sc%10cccc(N(c%11ccccc%11)c%11ccc(-c%12ccc%13ccccc%13c%12)cc%11)c%10c98)c67)ccc(N(c6ccccc6)c6ccc(-c7cccc8ccccc78)cc6)c5c4c3SC12. The van der Waals surface area contributed by atoms with Gasteiger partial charge in [0.05, 0.1) is 17.1 Å². The molecule has 9 heteroatoms. The molecule has 21 aromatic carbocycles. The van der Waals surface area contributed by atoms with Crippen molar-refractivity contribution < 1.29 is 0 Å². The maximum Gasteiger partial charge on any atom is 0.0555 e. The van der Waals surface area contributed by atoms with Crippen molar-refractivity contribution in [3.63, 3.8) is 0 Å². The van der Waals surface area contributed by atoms with Gasteiger partial charge in [0.15, 0.2) is 0 Å². The van der Waals surface area contributed by atoms with Gasteiger partial charge in [-0.1, -0.05) is 297 Å². The number of anilines is 9. The van der Waals surface area contributed by atoms with Gasteiger partial charge in [0, 0.05) is 162 Å². The van der Waals surface area contributed by atoms with Crippen molar-refractivity contribution in [1.29, 1.82) is 0 Å². The van der Waals surface area contributed by atoms with Gasteiger partial charge < -0.3 is 14.7 Å². The van der Waals surface area contributed by atoms with Crippen LogP contribution in [-0.4, -0.2) is 5.25 Å². The fourth-order valence-electron chi connectivity index (χ4n) is 21.8. The van der Waals surface area contributed by atoms with Gasteiger partial charge in [0.2, 0.25) is 0 Å². The van der Waals surface area contributed by atoms with E-state index in [1.165, 1.54) is 216 Å². The molecule has 612 valence electrons. The molecule has 0 fully saturated rings. The molecule has 2 aliphatic rings. The summed E-state index contributed by atoms with van der Waals surface area (Å²) in [6.45, 7) is 0.